The second-order valence-corrected chi connectivity index (χ2v) is 5.67. The van der Waals surface area contributed by atoms with Crippen molar-refractivity contribution in [2.75, 3.05) is 7.11 Å². The van der Waals surface area contributed by atoms with E-state index in [4.69, 9.17) is 9.15 Å². The third-order valence-electron chi connectivity index (χ3n) is 3.69. The van der Waals surface area contributed by atoms with Crippen LogP contribution in [0.25, 0.3) is 6.08 Å². The molecule has 1 aromatic heterocycles. The van der Waals surface area contributed by atoms with Crippen molar-refractivity contribution in [1.29, 1.82) is 0 Å². The summed E-state index contributed by atoms with van der Waals surface area (Å²) in [5, 5.41) is 0. The van der Waals surface area contributed by atoms with Gasteiger partial charge in [0.25, 0.3) is 0 Å². The SMILES string of the molecule is COC(=O)C1=C(C)C(CC(C)C)C(=O)/C1=C\c1ccco1. The Kier molecular flexibility index (Phi) is 4.46. The van der Waals surface area contributed by atoms with Crippen LogP contribution in [-0.2, 0) is 14.3 Å². The van der Waals surface area contributed by atoms with Crippen LogP contribution in [0.3, 0.4) is 0 Å². The largest absolute Gasteiger partial charge is 0.465 e. The molecule has 0 N–H and O–H groups in total. The molecule has 0 aliphatic heterocycles. The third kappa shape index (κ3) is 2.99. The maximum Gasteiger partial charge on any atom is 0.338 e. The first-order valence-corrected chi connectivity index (χ1v) is 7.04. The van der Waals surface area contributed by atoms with Gasteiger partial charge in [-0.15, -0.1) is 0 Å². The number of methoxy groups -OCH3 is 1. The molecule has 1 unspecified atom stereocenters. The van der Waals surface area contributed by atoms with Crippen molar-refractivity contribution in [3.8, 4) is 0 Å². The summed E-state index contributed by atoms with van der Waals surface area (Å²) in [6.45, 7) is 5.96. The van der Waals surface area contributed by atoms with E-state index in [1.54, 1.807) is 18.2 Å². The van der Waals surface area contributed by atoms with Crippen LogP contribution >= 0.6 is 0 Å². The standard InChI is InChI=1S/C17H20O4/c1-10(2)8-13-11(3)15(17(19)20-4)14(16(13)18)9-12-6-5-7-21-12/h5-7,9-10,13H,8H2,1-4H3/b14-9-. The number of Topliss-reactive ketones (excluding diaryl/α,β-unsaturated/α-hetero) is 1. The lowest BCUT2D eigenvalue weighted by Gasteiger charge is -2.12. The van der Waals surface area contributed by atoms with Gasteiger partial charge >= 0.3 is 5.97 Å². The lowest BCUT2D eigenvalue weighted by Crippen LogP contribution is -2.13. The first-order chi connectivity index (χ1) is 9.95. The Morgan fingerprint density at radius 1 is 1.48 bits per heavy atom. The molecule has 4 nitrogen and oxygen atoms in total. The van der Waals surface area contributed by atoms with Gasteiger partial charge < -0.3 is 9.15 Å². The van der Waals surface area contributed by atoms with E-state index in [2.05, 4.69) is 13.8 Å². The molecule has 0 amide bonds. The molecule has 4 heteroatoms. The number of hydrogen-bond donors (Lipinski definition) is 0. The van der Waals surface area contributed by atoms with Crippen molar-refractivity contribution in [2.45, 2.75) is 27.2 Å². The molecule has 1 aliphatic rings. The van der Waals surface area contributed by atoms with E-state index in [-0.39, 0.29) is 11.7 Å². The van der Waals surface area contributed by atoms with Gasteiger partial charge in [-0.25, -0.2) is 4.79 Å². The van der Waals surface area contributed by atoms with Crippen molar-refractivity contribution < 1.29 is 18.7 Å². The van der Waals surface area contributed by atoms with E-state index in [1.807, 2.05) is 6.92 Å². The van der Waals surface area contributed by atoms with Crippen LogP contribution in [0.5, 0.6) is 0 Å². The zero-order valence-electron chi connectivity index (χ0n) is 12.8. The van der Waals surface area contributed by atoms with Gasteiger partial charge in [0, 0.05) is 11.5 Å². The van der Waals surface area contributed by atoms with Gasteiger partial charge in [0.15, 0.2) is 5.78 Å². The fourth-order valence-electron chi connectivity index (χ4n) is 2.68. The number of allylic oxidation sites excluding steroid dienone is 1. The highest BCUT2D eigenvalue weighted by Gasteiger charge is 2.39. The van der Waals surface area contributed by atoms with Gasteiger partial charge in [0.1, 0.15) is 5.76 Å². The topological polar surface area (TPSA) is 56.5 Å². The first-order valence-electron chi connectivity index (χ1n) is 7.04. The van der Waals surface area contributed by atoms with Gasteiger partial charge in [-0.3, -0.25) is 4.79 Å². The highest BCUT2D eigenvalue weighted by atomic mass is 16.5. The average Bonchev–Trinajstić information content (AvgIpc) is 3.01. The molecule has 0 aromatic carbocycles. The average molecular weight is 288 g/mol. The third-order valence-corrected chi connectivity index (χ3v) is 3.69. The molecule has 0 radical (unpaired) electrons. The highest BCUT2D eigenvalue weighted by Crippen LogP contribution is 2.38. The van der Waals surface area contributed by atoms with Crippen molar-refractivity contribution >= 4 is 17.8 Å². The lowest BCUT2D eigenvalue weighted by atomic mass is 9.91. The minimum absolute atomic E-state index is 0.0296. The van der Waals surface area contributed by atoms with E-state index >= 15 is 0 Å². The zero-order chi connectivity index (χ0) is 15.6. The summed E-state index contributed by atoms with van der Waals surface area (Å²) in [7, 11) is 1.33. The molecule has 0 spiro atoms. The normalized spacial score (nSPS) is 20.7. The van der Waals surface area contributed by atoms with Gasteiger partial charge in [-0.05, 0) is 43.0 Å². The van der Waals surface area contributed by atoms with Crippen LogP contribution in [-0.4, -0.2) is 18.9 Å². The maximum atomic E-state index is 12.6. The number of hydrogen-bond acceptors (Lipinski definition) is 4. The fraction of sp³-hybridized carbons (Fsp3) is 0.412. The van der Waals surface area contributed by atoms with Crippen molar-refractivity contribution in [3.05, 3.63) is 40.9 Å². The molecular weight excluding hydrogens is 268 g/mol. The zero-order valence-corrected chi connectivity index (χ0v) is 12.8. The highest BCUT2D eigenvalue weighted by molar-refractivity contribution is 6.18. The van der Waals surface area contributed by atoms with Gasteiger partial charge in [0.2, 0.25) is 0 Å². The lowest BCUT2D eigenvalue weighted by molar-refractivity contribution is -0.136. The maximum absolute atomic E-state index is 12.6. The van der Waals surface area contributed by atoms with Crippen molar-refractivity contribution in [2.24, 2.45) is 11.8 Å². The van der Waals surface area contributed by atoms with Crippen molar-refractivity contribution in [1.82, 2.24) is 0 Å². The molecular formula is C17H20O4. The second-order valence-electron chi connectivity index (χ2n) is 5.67. The van der Waals surface area contributed by atoms with Crippen LogP contribution < -0.4 is 0 Å². The summed E-state index contributed by atoms with van der Waals surface area (Å²) in [5.74, 6) is 0.178. The number of furan rings is 1. The minimum Gasteiger partial charge on any atom is -0.465 e. The molecule has 2 rings (SSSR count). The first kappa shape index (κ1) is 15.3. The predicted octanol–water partition coefficient (Wildman–Crippen LogP) is 3.40. The molecule has 0 fully saturated rings. The minimum atomic E-state index is -0.468. The van der Waals surface area contributed by atoms with Crippen LogP contribution in [0, 0.1) is 11.8 Å². The fourth-order valence-corrected chi connectivity index (χ4v) is 2.68. The van der Waals surface area contributed by atoms with Crippen LogP contribution in [0.1, 0.15) is 33.0 Å². The molecule has 0 saturated heterocycles. The van der Waals surface area contributed by atoms with Gasteiger partial charge in [-0.1, -0.05) is 13.8 Å². The van der Waals surface area contributed by atoms with Gasteiger partial charge in [-0.2, -0.15) is 0 Å². The molecule has 21 heavy (non-hydrogen) atoms. The molecule has 0 bridgehead atoms. The second kappa shape index (κ2) is 6.12. The number of carbonyl (C=O) groups is 2. The molecule has 1 aromatic rings. The summed E-state index contributed by atoms with van der Waals surface area (Å²) in [6, 6.07) is 3.49. The molecule has 0 saturated carbocycles. The Hall–Kier alpha value is -2.10. The number of esters is 1. The van der Waals surface area contributed by atoms with E-state index < -0.39 is 5.97 Å². The van der Waals surface area contributed by atoms with E-state index in [0.717, 1.165) is 12.0 Å². The monoisotopic (exact) mass is 288 g/mol. The Bertz CT molecular complexity index is 603. The summed E-state index contributed by atoms with van der Waals surface area (Å²) in [5.41, 5.74) is 1.56. The Balaban J connectivity index is 2.48. The van der Waals surface area contributed by atoms with E-state index in [1.165, 1.54) is 13.4 Å². The van der Waals surface area contributed by atoms with E-state index in [9.17, 15) is 9.59 Å². The Morgan fingerprint density at radius 3 is 2.71 bits per heavy atom. The quantitative estimate of drug-likeness (QED) is 0.629. The Labute approximate surface area is 124 Å². The Morgan fingerprint density at radius 2 is 2.19 bits per heavy atom. The number of ether oxygens (including phenoxy) is 1. The van der Waals surface area contributed by atoms with Gasteiger partial charge in [0.05, 0.1) is 18.9 Å². The summed E-state index contributed by atoms with van der Waals surface area (Å²) < 4.78 is 10.1. The summed E-state index contributed by atoms with van der Waals surface area (Å²) in [6.07, 6.45) is 3.88. The van der Waals surface area contributed by atoms with Crippen molar-refractivity contribution in [3.63, 3.8) is 0 Å². The number of carbonyl (C=O) groups excluding carboxylic acids is 2. The predicted molar refractivity (Wildman–Crippen MR) is 79.4 cm³/mol. The molecule has 1 heterocycles. The number of rotatable bonds is 4. The molecule has 1 atom stereocenters. The summed E-state index contributed by atoms with van der Waals surface area (Å²) >= 11 is 0. The van der Waals surface area contributed by atoms with Crippen LogP contribution in [0.4, 0.5) is 0 Å². The van der Waals surface area contributed by atoms with Crippen LogP contribution in [0.2, 0.25) is 0 Å². The van der Waals surface area contributed by atoms with E-state index in [0.29, 0.717) is 22.8 Å². The smallest absolute Gasteiger partial charge is 0.338 e. The molecule has 112 valence electrons. The number of ketones is 1. The van der Waals surface area contributed by atoms with Crippen LogP contribution in [0.15, 0.2) is 39.5 Å². The summed E-state index contributed by atoms with van der Waals surface area (Å²) in [4.78, 5) is 24.7. The molecule has 1 aliphatic carbocycles.